The molecular formula is C8H17NOS. The van der Waals surface area contributed by atoms with Gasteiger partial charge in [-0.05, 0) is 12.8 Å². The summed E-state index contributed by atoms with van der Waals surface area (Å²) in [7, 11) is -2.29. The first kappa shape index (κ1) is 10.7. The Hall–Kier alpha value is -0.310. The monoisotopic (exact) mass is 175 g/mol. The molecule has 2 nitrogen and oxygen atoms in total. The highest BCUT2D eigenvalue weighted by molar-refractivity contribution is 7.92. The van der Waals surface area contributed by atoms with Crippen LogP contribution in [0.3, 0.4) is 0 Å². The van der Waals surface area contributed by atoms with Crippen LogP contribution in [0.2, 0.25) is 0 Å². The Kier molecular flexibility index (Phi) is 5.20. The molecule has 0 aliphatic carbocycles. The molecule has 0 saturated carbocycles. The van der Waals surface area contributed by atoms with Crippen molar-refractivity contribution in [1.82, 2.24) is 0 Å². The van der Waals surface area contributed by atoms with Crippen molar-refractivity contribution in [2.45, 2.75) is 26.7 Å². The summed E-state index contributed by atoms with van der Waals surface area (Å²) in [6.07, 6.45) is 5.61. The van der Waals surface area contributed by atoms with Gasteiger partial charge in [0.15, 0.2) is 0 Å². The van der Waals surface area contributed by atoms with Crippen LogP contribution < -0.4 is 0 Å². The van der Waals surface area contributed by atoms with Crippen molar-refractivity contribution in [3.05, 3.63) is 12.2 Å². The fourth-order valence-corrected chi connectivity index (χ4v) is 2.08. The Morgan fingerprint density at radius 3 is 2.45 bits per heavy atom. The van der Waals surface area contributed by atoms with Gasteiger partial charge in [-0.25, -0.2) is 4.21 Å². The van der Waals surface area contributed by atoms with Gasteiger partial charge in [0.25, 0.3) is 0 Å². The summed E-state index contributed by atoms with van der Waals surface area (Å²) in [4.78, 5) is 0. The molecule has 0 aliphatic heterocycles. The van der Waals surface area contributed by atoms with E-state index in [2.05, 4.69) is 0 Å². The minimum Gasteiger partial charge on any atom is -0.253 e. The van der Waals surface area contributed by atoms with E-state index in [-0.39, 0.29) is 0 Å². The average Bonchev–Trinajstić information content (AvgIpc) is 1.87. The average molecular weight is 175 g/mol. The molecule has 0 rings (SSSR count). The Morgan fingerprint density at radius 1 is 1.36 bits per heavy atom. The van der Waals surface area contributed by atoms with E-state index in [1.165, 1.54) is 0 Å². The lowest BCUT2D eigenvalue weighted by Crippen LogP contribution is -2.06. The molecule has 0 radical (unpaired) electrons. The molecule has 1 atom stereocenters. The third-order valence-corrected chi connectivity index (χ3v) is 3.10. The van der Waals surface area contributed by atoms with E-state index >= 15 is 0 Å². The molecule has 0 aliphatic rings. The second kappa shape index (κ2) is 5.35. The second-order valence-corrected chi connectivity index (χ2v) is 4.93. The van der Waals surface area contributed by atoms with Crippen LogP contribution in [-0.2, 0) is 9.73 Å². The Bertz CT molecular complexity index is 204. The maximum atomic E-state index is 11.3. The normalized spacial score (nSPS) is 16.9. The summed E-state index contributed by atoms with van der Waals surface area (Å²) >= 11 is 0. The molecule has 0 fully saturated rings. The van der Waals surface area contributed by atoms with Gasteiger partial charge in [0.2, 0.25) is 0 Å². The Labute approximate surface area is 69.7 Å². The van der Waals surface area contributed by atoms with Crippen LogP contribution in [0.4, 0.5) is 0 Å². The van der Waals surface area contributed by atoms with Crippen LogP contribution >= 0.6 is 0 Å². The standard InChI is InChI=1S/C8H17NOS/c1-3-5-6-8-11(9,10)7-4-2/h5-6,9H,3-4,7-8H2,1-2H3/b6-5+. The lowest BCUT2D eigenvalue weighted by Gasteiger charge is -2.00. The van der Waals surface area contributed by atoms with Crippen LogP contribution in [0, 0.1) is 4.78 Å². The molecule has 1 unspecified atom stereocenters. The molecule has 0 bridgehead atoms. The highest BCUT2D eigenvalue weighted by Gasteiger charge is 2.00. The Balaban J connectivity index is 3.83. The van der Waals surface area contributed by atoms with Crippen molar-refractivity contribution >= 4 is 9.73 Å². The van der Waals surface area contributed by atoms with Gasteiger partial charge < -0.3 is 0 Å². The minimum absolute atomic E-state index is 0.425. The highest BCUT2D eigenvalue weighted by atomic mass is 32.2. The number of hydrogen-bond acceptors (Lipinski definition) is 2. The lowest BCUT2D eigenvalue weighted by molar-refractivity contribution is 0.675. The number of allylic oxidation sites excluding steroid dienone is 1. The first-order chi connectivity index (χ1) is 5.12. The van der Waals surface area contributed by atoms with Crippen molar-refractivity contribution in [2.24, 2.45) is 0 Å². The molecular weight excluding hydrogens is 158 g/mol. The van der Waals surface area contributed by atoms with Crippen molar-refractivity contribution in [3.63, 3.8) is 0 Å². The quantitative estimate of drug-likeness (QED) is 0.640. The molecule has 3 heteroatoms. The van der Waals surface area contributed by atoms with Gasteiger partial charge in [-0.2, -0.15) is 0 Å². The van der Waals surface area contributed by atoms with Crippen molar-refractivity contribution in [2.75, 3.05) is 11.5 Å². The molecule has 0 aromatic heterocycles. The number of nitrogens with one attached hydrogen (secondary N) is 1. The maximum Gasteiger partial charge on any atom is 0.0496 e. The molecule has 11 heavy (non-hydrogen) atoms. The van der Waals surface area contributed by atoms with Crippen molar-refractivity contribution in [3.8, 4) is 0 Å². The maximum absolute atomic E-state index is 11.3. The number of rotatable bonds is 5. The zero-order chi connectivity index (χ0) is 8.74. The van der Waals surface area contributed by atoms with Gasteiger partial charge in [0, 0.05) is 21.2 Å². The summed E-state index contributed by atoms with van der Waals surface area (Å²) in [5.74, 6) is 0.954. The molecule has 0 aromatic rings. The van der Waals surface area contributed by atoms with Crippen LogP contribution in [-0.4, -0.2) is 15.7 Å². The van der Waals surface area contributed by atoms with Crippen molar-refractivity contribution in [1.29, 1.82) is 4.78 Å². The topological polar surface area (TPSA) is 40.9 Å². The van der Waals surface area contributed by atoms with Gasteiger partial charge in [0.1, 0.15) is 0 Å². The fourth-order valence-electron chi connectivity index (χ4n) is 0.803. The van der Waals surface area contributed by atoms with E-state index in [1.807, 2.05) is 26.0 Å². The minimum atomic E-state index is -2.29. The zero-order valence-corrected chi connectivity index (χ0v) is 8.12. The van der Waals surface area contributed by atoms with Crippen LogP contribution in [0.5, 0.6) is 0 Å². The van der Waals surface area contributed by atoms with E-state index in [0.717, 1.165) is 12.8 Å². The van der Waals surface area contributed by atoms with E-state index < -0.39 is 9.73 Å². The van der Waals surface area contributed by atoms with E-state index in [4.69, 9.17) is 4.78 Å². The summed E-state index contributed by atoms with van der Waals surface area (Å²) in [5.41, 5.74) is 0. The van der Waals surface area contributed by atoms with Crippen LogP contribution in [0.25, 0.3) is 0 Å². The fraction of sp³-hybridized carbons (Fsp3) is 0.750. The van der Waals surface area contributed by atoms with Gasteiger partial charge in [0.05, 0.1) is 0 Å². The molecule has 0 spiro atoms. The predicted molar refractivity (Wildman–Crippen MR) is 50.3 cm³/mol. The predicted octanol–water partition coefficient (Wildman–Crippen LogP) is 2.41. The van der Waals surface area contributed by atoms with Gasteiger partial charge in [-0.1, -0.05) is 26.0 Å². The first-order valence-electron chi connectivity index (χ1n) is 4.01. The molecule has 0 saturated heterocycles. The third kappa shape index (κ3) is 6.10. The summed E-state index contributed by atoms with van der Waals surface area (Å²) in [5, 5.41) is 0. The summed E-state index contributed by atoms with van der Waals surface area (Å²) in [6.45, 7) is 3.99. The van der Waals surface area contributed by atoms with Crippen LogP contribution in [0.1, 0.15) is 26.7 Å². The van der Waals surface area contributed by atoms with Gasteiger partial charge in [-0.3, -0.25) is 4.78 Å². The smallest absolute Gasteiger partial charge is 0.0496 e. The highest BCUT2D eigenvalue weighted by Crippen LogP contribution is 1.96. The second-order valence-electron chi connectivity index (χ2n) is 2.56. The molecule has 0 amide bonds. The Morgan fingerprint density at radius 2 is 2.00 bits per heavy atom. The molecule has 66 valence electrons. The first-order valence-corrected chi connectivity index (χ1v) is 5.91. The van der Waals surface area contributed by atoms with E-state index in [1.54, 1.807) is 0 Å². The van der Waals surface area contributed by atoms with Crippen molar-refractivity contribution < 1.29 is 4.21 Å². The van der Waals surface area contributed by atoms with E-state index in [0.29, 0.717) is 11.5 Å². The SMILES string of the molecule is CC/C=C/CS(=N)(=O)CCC. The zero-order valence-electron chi connectivity index (χ0n) is 7.30. The van der Waals surface area contributed by atoms with Gasteiger partial charge in [-0.15, -0.1) is 0 Å². The van der Waals surface area contributed by atoms with Gasteiger partial charge >= 0.3 is 0 Å². The largest absolute Gasteiger partial charge is 0.253 e. The molecule has 0 aromatic carbocycles. The molecule has 1 N–H and O–H groups in total. The summed E-state index contributed by atoms with van der Waals surface area (Å²) in [6, 6.07) is 0. The van der Waals surface area contributed by atoms with E-state index in [9.17, 15) is 4.21 Å². The third-order valence-electron chi connectivity index (χ3n) is 1.30. The van der Waals surface area contributed by atoms with Crippen LogP contribution in [0.15, 0.2) is 12.2 Å². The summed E-state index contributed by atoms with van der Waals surface area (Å²) < 4.78 is 18.7. The molecule has 0 heterocycles. The number of hydrogen-bond donors (Lipinski definition) is 1. The lowest BCUT2D eigenvalue weighted by atomic mass is 10.4.